The fourth-order valence-corrected chi connectivity index (χ4v) is 0.816. The fourth-order valence-electron chi connectivity index (χ4n) is 0.704. The van der Waals surface area contributed by atoms with Crippen LogP contribution in [0.3, 0.4) is 0 Å². The highest BCUT2D eigenvalue weighted by Crippen LogP contribution is 2.05. The molecule has 0 aromatic carbocycles. The maximum atomic E-state index is 11.1. The Morgan fingerprint density at radius 1 is 1.67 bits per heavy atom. The van der Waals surface area contributed by atoms with Gasteiger partial charge in [0.15, 0.2) is 0 Å². The molecule has 0 radical (unpaired) electrons. The second-order valence-electron chi connectivity index (χ2n) is 2.11. The van der Waals surface area contributed by atoms with Crippen molar-refractivity contribution < 1.29 is 4.79 Å². The van der Waals surface area contributed by atoms with Gasteiger partial charge >= 0.3 is 0 Å². The van der Waals surface area contributed by atoms with Crippen LogP contribution in [0.4, 0.5) is 0 Å². The monoisotopic (exact) mass is 180 g/mol. The van der Waals surface area contributed by atoms with Gasteiger partial charge in [-0.1, -0.05) is 11.6 Å². The molecular formula is C8H5ClN2O. The van der Waals surface area contributed by atoms with Gasteiger partial charge in [-0.05, 0) is 12.1 Å². The lowest BCUT2D eigenvalue weighted by Gasteiger charge is -1.92. The Kier molecular flexibility index (Phi) is 2.78. The maximum absolute atomic E-state index is 11.1. The Balaban J connectivity index is 2.84. The number of carbonyl (C=O) groups excluding carboxylic acids is 1. The van der Waals surface area contributed by atoms with Gasteiger partial charge in [-0.25, -0.2) is 11.6 Å². The van der Waals surface area contributed by atoms with Crippen LogP contribution in [0, 0.1) is 6.57 Å². The zero-order valence-corrected chi connectivity index (χ0v) is 6.88. The van der Waals surface area contributed by atoms with Crippen LogP contribution in [-0.4, -0.2) is 17.3 Å². The normalized spacial score (nSPS) is 9.00. The second-order valence-corrected chi connectivity index (χ2v) is 2.50. The molecule has 1 heterocycles. The number of rotatable bonds is 2. The van der Waals surface area contributed by atoms with Gasteiger partial charge in [-0.2, -0.15) is 0 Å². The van der Waals surface area contributed by atoms with E-state index in [4.69, 9.17) is 18.2 Å². The largest absolute Gasteiger partial charge is 0.308 e. The van der Waals surface area contributed by atoms with Crippen molar-refractivity contribution >= 4 is 17.4 Å². The SMILES string of the molecule is [C-]#[N+]CC(=O)c1ccc(Cl)nc1. The van der Waals surface area contributed by atoms with Gasteiger partial charge in [0.25, 0.3) is 6.54 Å². The van der Waals surface area contributed by atoms with E-state index in [1.54, 1.807) is 6.07 Å². The van der Waals surface area contributed by atoms with Crippen molar-refractivity contribution in [3.63, 3.8) is 0 Å². The molecule has 0 spiro atoms. The third kappa shape index (κ3) is 2.04. The van der Waals surface area contributed by atoms with Gasteiger partial charge < -0.3 is 4.85 Å². The molecule has 1 aromatic rings. The molecular weight excluding hydrogens is 176 g/mol. The van der Waals surface area contributed by atoms with Crippen molar-refractivity contribution in [3.8, 4) is 0 Å². The van der Waals surface area contributed by atoms with Crippen LogP contribution in [0.1, 0.15) is 10.4 Å². The summed E-state index contributed by atoms with van der Waals surface area (Å²) < 4.78 is 0. The lowest BCUT2D eigenvalue weighted by Crippen LogP contribution is -2.01. The standard InChI is InChI=1S/C8H5ClN2O/c1-10-5-7(12)6-2-3-8(9)11-4-6/h2-4H,5H2. The lowest BCUT2D eigenvalue weighted by atomic mass is 10.2. The highest BCUT2D eigenvalue weighted by atomic mass is 35.5. The van der Waals surface area contributed by atoms with Crippen molar-refractivity contribution in [2.24, 2.45) is 0 Å². The average molecular weight is 181 g/mol. The molecule has 0 unspecified atom stereocenters. The molecule has 0 atom stereocenters. The van der Waals surface area contributed by atoms with Gasteiger partial charge in [-0.15, -0.1) is 0 Å². The molecule has 0 aliphatic heterocycles. The van der Waals surface area contributed by atoms with Crippen molar-refractivity contribution in [2.45, 2.75) is 0 Å². The first-order chi connectivity index (χ1) is 5.74. The minimum Gasteiger partial charge on any atom is -0.308 e. The first-order valence-electron chi connectivity index (χ1n) is 3.22. The number of ketones is 1. The van der Waals surface area contributed by atoms with E-state index in [0.717, 1.165) is 0 Å². The number of halogens is 1. The second kappa shape index (κ2) is 3.84. The summed E-state index contributed by atoms with van der Waals surface area (Å²) in [4.78, 5) is 17.8. The maximum Gasteiger partial charge on any atom is 0.276 e. The van der Waals surface area contributed by atoms with Crippen molar-refractivity contribution in [1.29, 1.82) is 0 Å². The van der Waals surface area contributed by atoms with Crippen LogP contribution >= 0.6 is 11.6 Å². The number of aromatic nitrogens is 1. The quantitative estimate of drug-likeness (QED) is 0.395. The van der Waals surface area contributed by atoms with Crippen LogP contribution in [0.2, 0.25) is 5.15 Å². The summed E-state index contributed by atoms with van der Waals surface area (Å²) in [6, 6.07) is 3.08. The first kappa shape index (κ1) is 8.69. The fraction of sp³-hybridized carbons (Fsp3) is 0.125. The van der Waals surface area contributed by atoms with Gasteiger partial charge in [0.2, 0.25) is 5.78 Å². The highest BCUT2D eigenvalue weighted by Gasteiger charge is 2.07. The predicted molar refractivity (Wildman–Crippen MR) is 45.0 cm³/mol. The summed E-state index contributed by atoms with van der Waals surface area (Å²) in [6.45, 7) is 6.35. The first-order valence-corrected chi connectivity index (χ1v) is 3.60. The van der Waals surface area contributed by atoms with E-state index in [1.165, 1.54) is 12.3 Å². The molecule has 0 aliphatic carbocycles. The van der Waals surface area contributed by atoms with Gasteiger partial charge in [0.1, 0.15) is 5.15 Å². The molecule has 12 heavy (non-hydrogen) atoms. The third-order valence-electron chi connectivity index (χ3n) is 1.27. The third-order valence-corrected chi connectivity index (χ3v) is 1.50. The van der Waals surface area contributed by atoms with Crippen LogP contribution in [0.15, 0.2) is 18.3 Å². The zero-order valence-electron chi connectivity index (χ0n) is 6.12. The van der Waals surface area contributed by atoms with E-state index >= 15 is 0 Å². The van der Waals surface area contributed by atoms with Crippen LogP contribution in [-0.2, 0) is 0 Å². The Hall–Kier alpha value is -1.40. The minimum absolute atomic E-state index is 0.136. The highest BCUT2D eigenvalue weighted by molar-refractivity contribution is 6.29. The Morgan fingerprint density at radius 3 is 2.92 bits per heavy atom. The number of nitrogens with zero attached hydrogens (tertiary/aromatic N) is 2. The van der Waals surface area contributed by atoms with Crippen LogP contribution < -0.4 is 0 Å². The molecule has 0 fully saturated rings. The van der Waals surface area contributed by atoms with Crippen LogP contribution in [0.25, 0.3) is 4.85 Å². The van der Waals surface area contributed by atoms with Gasteiger partial charge in [-0.3, -0.25) is 4.79 Å². The summed E-state index contributed by atoms with van der Waals surface area (Å²) in [5.41, 5.74) is 0.426. The molecule has 0 amide bonds. The molecule has 0 bridgehead atoms. The predicted octanol–water partition coefficient (Wildman–Crippen LogP) is 1.84. The van der Waals surface area contributed by atoms with E-state index in [0.29, 0.717) is 10.7 Å². The Bertz CT molecular complexity index is 326. The Morgan fingerprint density at radius 2 is 2.42 bits per heavy atom. The smallest absolute Gasteiger partial charge is 0.276 e. The number of carbonyl (C=O) groups is 1. The van der Waals surface area contributed by atoms with Crippen molar-refractivity contribution in [1.82, 2.24) is 4.98 Å². The molecule has 0 saturated carbocycles. The molecule has 60 valence electrons. The number of pyridine rings is 1. The number of hydrogen-bond acceptors (Lipinski definition) is 2. The van der Waals surface area contributed by atoms with E-state index in [-0.39, 0.29) is 12.3 Å². The van der Waals surface area contributed by atoms with Gasteiger partial charge in [0, 0.05) is 11.8 Å². The summed E-state index contributed by atoms with van der Waals surface area (Å²) >= 11 is 5.51. The van der Waals surface area contributed by atoms with Crippen LogP contribution in [0.5, 0.6) is 0 Å². The van der Waals surface area contributed by atoms with E-state index in [9.17, 15) is 4.79 Å². The molecule has 4 heteroatoms. The summed E-state index contributed by atoms with van der Waals surface area (Å²) in [5.74, 6) is -0.228. The van der Waals surface area contributed by atoms with Crippen molar-refractivity contribution in [3.05, 3.63) is 40.5 Å². The summed E-state index contributed by atoms with van der Waals surface area (Å²) in [5, 5.41) is 0.342. The van der Waals surface area contributed by atoms with E-state index in [1.807, 2.05) is 0 Å². The molecule has 0 saturated heterocycles. The molecule has 1 aromatic heterocycles. The number of hydrogen-bond donors (Lipinski definition) is 0. The minimum atomic E-state index is -0.228. The van der Waals surface area contributed by atoms with E-state index < -0.39 is 0 Å². The lowest BCUT2D eigenvalue weighted by molar-refractivity contribution is 0.101. The summed E-state index contributed by atoms with van der Waals surface area (Å²) in [6.07, 6.45) is 1.37. The van der Waals surface area contributed by atoms with Crippen molar-refractivity contribution in [2.75, 3.05) is 6.54 Å². The number of Topliss-reactive ketones (excluding diaryl/α,β-unsaturated/α-hetero) is 1. The molecule has 0 aliphatic rings. The topological polar surface area (TPSA) is 34.3 Å². The molecule has 1 rings (SSSR count). The molecule has 0 N–H and O–H groups in total. The molecule has 3 nitrogen and oxygen atoms in total. The average Bonchev–Trinajstić information content (AvgIpc) is 2.06. The Labute approximate surface area is 74.8 Å². The zero-order chi connectivity index (χ0) is 8.97. The van der Waals surface area contributed by atoms with Gasteiger partial charge in [0.05, 0.1) is 0 Å². The van der Waals surface area contributed by atoms with E-state index in [2.05, 4.69) is 9.83 Å². The summed E-state index contributed by atoms with van der Waals surface area (Å²) in [7, 11) is 0.